The van der Waals surface area contributed by atoms with E-state index in [-0.39, 0.29) is 12.0 Å². The third-order valence-electron chi connectivity index (χ3n) is 10.9. The maximum Gasteiger partial charge on any atom is 0.408 e. The summed E-state index contributed by atoms with van der Waals surface area (Å²) in [5.74, 6) is 1.45. The maximum absolute atomic E-state index is 12.4. The summed E-state index contributed by atoms with van der Waals surface area (Å²) >= 11 is 0. The number of rotatable bonds is 10. The molecule has 1 aromatic rings. The number of fused-ring (bicyclic) bond motifs is 4. The van der Waals surface area contributed by atoms with Gasteiger partial charge in [-0.3, -0.25) is 0 Å². The van der Waals surface area contributed by atoms with E-state index in [1.807, 2.05) is 30.3 Å². The van der Waals surface area contributed by atoms with Crippen LogP contribution in [0.15, 0.2) is 75.4 Å². The molecular weight excluding hydrogens is 566 g/mol. The first-order valence-electron chi connectivity index (χ1n) is 16.7. The molecule has 6 rings (SSSR count). The number of carboxylic acids is 1. The number of ether oxygens (including phenoxy) is 1. The summed E-state index contributed by atoms with van der Waals surface area (Å²) in [4.78, 5) is 28.7. The zero-order valence-electron chi connectivity index (χ0n) is 26.4. The molecule has 1 heterocycles. The highest BCUT2D eigenvalue weighted by molar-refractivity contribution is 5.98. The second kappa shape index (κ2) is 13.6. The number of nitrogens with zero attached hydrogens (tertiary/aromatic N) is 2. The molecule has 1 amide bonds. The monoisotopic (exact) mass is 613 g/mol. The fourth-order valence-electron chi connectivity index (χ4n) is 8.59. The highest BCUT2D eigenvalue weighted by Gasteiger charge is 2.53. The molecule has 45 heavy (non-hydrogen) atoms. The number of guanidine groups is 1. The predicted octanol–water partition coefficient (Wildman–Crippen LogP) is 6.25. The first-order chi connectivity index (χ1) is 21.8. The lowest BCUT2D eigenvalue weighted by Gasteiger charge is -2.51. The van der Waals surface area contributed by atoms with Crippen molar-refractivity contribution in [2.24, 2.45) is 33.3 Å². The molecule has 4 aliphatic carbocycles. The molecule has 0 aromatic heterocycles. The van der Waals surface area contributed by atoms with Crippen molar-refractivity contribution in [2.45, 2.75) is 90.2 Å². The van der Waals surface area contributed by atoms with Crippen LogP contribution < -0.4 is 16.1 Å². The normalized spacial score (nSPS) is 28.7. The Morgan fingerprint density at radius 1 is 1.18 bits per heavy atom. The topological polar surface area (TPSA) is 124 Å². The zero-order valence-corrected chi connectivity index (χ0v) is 26.4. The Morgan fingerprint density at radius 3 is 2.80 bits per heavy atom. The number of carboxylic acid groups (broad SMARTS) is 1. The predicted molar refractivity (Wildman–Crippen MR) is 176 cm³/mol. The van der Waals surface area contributed by atoms with E-state index in [0.717, 1.165) is 81.7 Å². The molecule has 1 unspecified atom stereocenters. The number of hydrogen-bond acceptors (Lipinski definition) is 7. The minimum atomic E-state index is -1.03. The van der Waals surface area contributed by atoms with E-state index in [1.165, 1.54) is 24.0 Å². The van der Waals surface area contributed by atoms with Gasteiger partial charge in [0.05, 0.1) is 12.3 Å². The minimum Gasteiger partial charge on any atom is -0.480 e. The van der Waals surface area contributed by atoms with Gasteiger partial charge >= 0.3 is 12.1 Å². The van der Waals surface area contributed by atoms with Gasteiger partial charge in [-0.2, -0.15) is 5.10 Å². The lowest BCUT2D eigenvalue weighted by Crippen LogP contribution is -2.42. The number of carbonyl (C=O) groups is 2. The molecule has 0 spiro atoms. The van der Waals surface area contributed by atoms with Gasteiger partial charge in [-0.05, 0) is 104 Å². The van der Waals surface area contributed by atoms with Crippen LogP contribution in [0, 0.1) is 23.2 Å². The number of unbranched alkanes of at least 4 members (excludes halogenated alkanes) is 1. The van der Waals surface area contributed by atoms with E-state index in [1.54, 1.807) is 11.1 Å². The SMILES string of the molecule is C=C1CC[C@H]2[C@@H]3CCC4=CC(=NNC5=NCCN5)CCC4=C3[C@@H](CCCCC(NC(=O)OCc3ccccc3)C(=O)O)C[C@]12C. The third kappa shape index (κ3) is 6.87. The van der Waals surface area contributed by atoms with E-state index in [0.29, 0.717) is 24.2 Å². The summed E-state index contributed by atoms with van der Waals surface area (Å²) in [6, 6.07) is 8.41. The molecule has 5 atom stereocenters. The van der Waals surface area contributed by atoms with Crippen molar-refractivity contribution in [1.82, 2.24) is 16.1 Å². The van der Waals surface area contributed by atoms with Gasteiger partial charge < -0.3 is 20.5 Å². The van der Waals surface area contributed by atoms with Gasteiger partial charge in [-0.15, -0.1) is 0 Å². The van der Waals surface area contributed by atoms with Crippen LogP contribution >= 0.6 is 0 Å². The number of aliphatic imine (C=N–C) groups is 1. The van der Waals surface area contributed by atoms with Crippen molar-refractivity contribution in [2.75, 3.05) is 13.1 Å². The lowest BCUT2D eigenvalue weighted by atomic mass is 9.53. The molecule has 9 nitrogen and oxygen atoms in total. The number of allylic oxidation sites excluding steroid dienone is 5. The van der Waals surface area contributed by atoms with Gasteiger partial charge in [0.25, 0.3) is 0 Å². The fourth-order valence-corrected chi connectivity index (χ4v) is 8.59. The number of aliphatic carboxylic acids is 1. The number of alkyl carbamates (subject to hydrolysis) is 1. The van der Waals surface area contributed by atoms with Crippen LogP contribution in [-0.2, 0) is 16.1 Å². The molecule has 2 fully saturated rings. The summed E-state index contributed by atoms with van der Waals surface area (Å²) in [7, 11) is 0. The van der Waals surface area contributed by atoms with Crippen molar-refractivity contribution < 1.29 is 19.4 Å². The zero-order chi connectivity index (χ0) is 31.4. The average molecular weight is 614 g/mol. The van der Waals surface area contributed by atoms with Crippen molar-refractivity contribution >= 4 is 23.7 Å². The molecule has 5 aliphatic rings. The molecule has 0 saturated heterocycles. The largest absolute Gasteiger partial charge is 0.480 e. The fraction of sp³-hybridized carbons (Fsp3) is 0.556. The van der Waals surface area contributed by atoms with E-state index in [4.69, 9.17) is 4.74 Å². The number of carbonyl (C=O) groups excluding carboxylic acids is 1. The van der Waals surface area contributed by atoms with Gasteiger partial charge in [0, 0.05) is 6.54 Å². The Kier molecular flexibility index (Phi) is 9.42. The van der Waals surface area contributed by atoms with Gasteiger partial charge in [-0.1, -0.05) is 67.8 Å². The van der Waals surface area contributed by atoms with E-state index in [2.05, 4.69) is 45.7 Å². The van der Waals surface area contributed by atoms with Crippen LogP contribution in [-0.4, -0.2) is 48.0 Å². The van der Waals surface area contributed by atoms with Crippen molar-refractivity contribution in [3.63, 3.8) is 0 Å². The average Bonchev–Trinajstić information content (AvgIpc) is 3.67. The van der Waals surface area contributed by atoms with E-state index in [9.17, 15) is 14.7 Å². The Balaban J connectivity index is 1.11. The van der Waals surface area contributed by atoms with Gasteiger partial charge in [0.15, 0.2) is 0 Å². The number of benzene rings is 1. The first-order valence-corrected chi connectivity index (χ1v) is 16.7. The summed E-state index contributed by atoms with van der Waals surface area (Å²) in [6.45, 7) is 8.75. The number of amides is 1. The lowest BCUT2D eigenvalue weighted by molar-refractivity contribution is -0.139. The number of hydrogen-bond donors (Lipinski definition) is 4. The maximum atomic E-state index is 12.4. The van der Waals surface area contributed by atoms with Crippen LogP contribution in [0.2, 0.25) is 0 Å². The van der Waals surface area contributed by atoms with Crippen LogP contribution in [0.3, 0.4) is 0 Å². The summed E-state index contributed by atoms with van der Waals surface area (Å²) < 4.78 is 5.28. The van der Waals surface area contributed by atoms with Gasteiger partial charge in [0.2, 0.25) is 5.96 Å². The second-order valence-corrected chi connectivity index (χ2v) is 13.6. The molecule has 240 valence electrons. The third-order valence-corrected chi connectivity index (χ3v) is 10.9. The molecule has 0 radical (unpaired) electrons. The summed E-state index contributed by atoms with van der Waals surface area (Å²) in [5, 5.41) is 20.3. The highest BCUT2D eigenvalue weighted by atomic mass is 16.5. The molecular formula is C36H47N5O4. The van der Waals surface area contributed by atoms with Crippen molar-refractivity contribution in [3.05, 3.63) is 70.8 Å². The standard InChI is InChI=1S/C36H47N5O4/c1-23-12-17-30-29-15-13-25-20-27(40-41-34-37-18-19-38-34)14-16-28(25)32(29)26(21-36(23,30)2)10-6-7-11-31(33(42)43)39-35(44)45-22-24-8-4-3-5-9-24/h3-5,8-9,20,26,29-31H,1,6-7,10-19,21-22H2,2H3,(H,39,44)(H,42,43)(H2,37,38,41)/t26-,29-,30-,31?,36+/m0/s1. The second-order valence-electron chi connectivity index (χ2n) is 13.6. The van der Waals surface area contributed by atoms with E-state index < -0.39 is 18.1 Å². The van der Waals surface area contributed by atoms with Crippen molar-refractivity contribution in [1.29, 1.82) is 0 Å². The molecule has 1 aliphatic heterocycles. The quantitative estimate of drug-likeness (QED) is 0.141. The van der Waals surface area contributed by atoms with Crippen LogP contribution in [0.1, 0.15) is 83.1 Å². The molecule has 0 bridgehead atoms. The molecule has 4 N–H and O–H groups in total. The Hall–Kier alpha value is -3.88. The molecule has 2 saturated carbocycles. The van der Waals surface area contributed by atoms with E-state index >= 15 is 0 Å². The molecule has 9 heteroatoms. The summed E-state index contributed by atoms with van der Waals surface area (Å²) in [6.07, 6.45) is 12.4. The Labute approximate surface area is 266 Å². The highest BCUT2D eigenvalue weighted by Crippen LogP contribution is 2.63. The van der Waals surface area contributed by atoms with Crippen LogP contribution in [0.25, 0.3) is 0 Å². The Morgan fingerprint density at radius 2 is 2.02 bits per heavy atom. The first kappa shape index (κ1) is 31.1. The Bertz CT molecular complexity index is 1430. The van der Waals surface area contributed by atoms with Crippen LogP contribution in [0.5, 0.6) is 0 Å². The minimum absolute atomic E-state index is 0.108. The van der Waals surface area contributed by atoms with Crippen molar-refractivity contribution in [3.8, 4) is 0 Å². The smallest absolute Gasteiger partial charge is 0.408 e. The number of hydrazone groups is 1. The van der Waals surface area contributed by atoms with Gasteiger partial charge in [0.1, 0.15) is 12.6 Å². The number of nitrogens with one attached hydrogen (secondary N) is 3. The van der Waals surface area contributed by atoms with Crippen LogP contribution in [0.4, 0.5) is 4.79 Å². The molecule has 1 aromatic carbocycles. The summed E-state index contributed by atoms with van der Waals surface area (Å²) in [5.41, 5.74) is 11.3. The van der Waals surface area contributed by atoms with Gasteiger partial charge in [-0.25, -0.2) is 20.0 Å².